The number of nitrogens with zero attached hydrogens (tertiary/aromatic N) is 1. The van der Waals surface area contributed by atoms with Gasteiger partial charge in [-0.05, 0) is 32.2 Å². The molecule has 0 aliphatic carbocycles. The van der Waals surface area contributed by atoms with Crippen LogP contribution in [0.2, 0.25) is 0 Å². The number of hydrogen-bond donors (Lipinski definition) is 1. The van der Waals surface area contributed by atoms with Gasteiger partial charge >= 0.3 is 0 Å². The molecular weight excluding hydrogens is 162 g/mol. The largest absolute Gasteiger partial charge is 0.388 e. The second kappa shape index (κ2) is 3.25. The van der Waals surface area contributed by atoms with Gasteiger partial charge in [0.05, 0.1) is 5.60 Å². The van der Waals surface area contributed by atoms with Gasteiger partial charge in [0.15, 0.2) is 0 Å². The number of rotatable bonds is 1. The van der Waals surface area contributed by atoms with Crippen LogP contribution in [0.1, 0.15) is 40.5 Å². The van der Waals surface area contributed by atoms with Gasteiger partial charge in [-0.25, -0.2) is 0 Å². The molecule has 0 aromatic rings. The van der Waals surface area contributed by atoms with Crippen molar-refractivity contribution in [2.24, 2.45) is 5.41 Å². The zero-order valence-corrected chi connectivity index (χ0v) is 9.59. The molecule has 1 saturated heterocycles. The minimum Gasteiger partial charge on any atom is -0.388 e. The van der Waals surface area contributed by atoms with E-state index < -0.39 is 5.60 Å². The van der Waals surface area contributed by atoms with Crippen molar-refractivity contribution < 1.29 is 5.11 Å². The Morgan fingerprint density at radius 3 is 2.31 bits per heavy atom. The molecule has 0 aromatic heterocycles. The van der Waals surface area contributed by atoms with E-state index in [-0.39, 0.29) is 0 Å². The highest BCUT2D eigenvalue weighted by atomic mass is 16.3. The Labute approximate surface area is 81.9 Å². The Kier molecular flexibility index (Phi) is 2.75. The highest BCUT2D eigenvalue weighted by Crippen LogP contribution is 2.35. The summed E-state index contributed by atoms with van der Waals surface area (Å²) in [6.45, 7) is 9.68. The minimum atomic E-state index is -0.484. The first kappa shape index (κ1) is 11.0. The zero-order chi connectivity index (χ0) is 10.3. The third-order valence-corrected chi connectivity index (χ3v) is 3.03. The first-order valence-electron chi connectivity index (χ1n) is 5.15. The second-order valence-electron chi connectivity index (χ2n) is 5.87. The van der Waals surface area contributed by atoms with Crippen molar-refractivity contribution >= 4 is 0 Å². The molecule has 13 heavy (non-hydrogen) atoms. The van der Waals surface area contributed by atoms with Crippen molar-refractivity contribution in [1.29, 1.82) is 0 Å². The Bertz CT molecular complexity index is 181. The first-order chi connectivity index (χ1) is 5.72. The van der Waals surface area contributed by atoms with E-state index in [1.165, 1.54) is 0 Å². The number of hydrogen-bond acceptors (Lipinski definition) is 2. The van der Waals surface area contributed by atoms with E-state index in [1.807, 2.05) is 6.92 Å². The standard InChI is InChI=1S/C11H23NO/c1-10(2,3)8-9-11(4,13)6-7-12(9)5/h9,13H,6-8H2,1-5H3/t9-,11+/m1/s1. The summed E-state index contributed by atoms with van der Waals surface area (Å²) in [6.07, 6.45) is 1.97. The summed E-state index contributed by atoms with van der Waals surface area (Å²) in [6, 6.07) is 0.326. The van der Waals surface area contributed by atoms with Gasteiger partial charge in [-0.1, -0.05) is 20.8 Å². The van der Waals surface area contributed by atoms with E-state index in [4.69, 9.17) is 0 Å². The van der Waals surface area contributed by atoms with Crippen LogP contribution in [-0.4, -0.2) is 35.2 Å². The van der Waals surface area contributed by atoms with Gasteiger partial charge < -0.3 is 10.0 Å². The average Bonchev–Trinajstić information content (AvgIpc) is 2.13. The van der Waals surface area contributed by atoms with Gasteiger partial charge in [-0.15, -0.1) is 0 Å². The second-order valence-corrected chi connectivity index (χ2v) is 5.87. The highest BCUT2D eigenvalue weighted by Gasteiger charge is 2.42. The van der Waals surface area contributed by atoms with E-state index in [0.717, 1.165) is 19.4 Å². The lowest BCUT2D eigenvalue weighted by atomic mass is 9.82. The molecule has 0 spiro atoms. The predicted molar refractivity (Wildman–Crippen MR) is 55.7 cm³/mol. The molecular formula is C11H23NO. The van der Waals surface area contributed by atoms with Crippen LogP contribution in [0.4, 0.5) is 0 Å². The fraction of sp³-hybridized carbons (Fsp3) is 1.00. The average molecular weight is 185 g/mol. The smallest absolute Gasteiger partial charge is 0.0786 e. The van der Waals surface area contributed by atoms with E-state index in [9.17, 15) is 5.11 Å². The maximum absolute atomic E-state index is 10.1. The summed E-state index contributed by atoms with van der Waals surface area (Å²) in [4.78, 5) is 2.28. The fourth-order valence-electron chi connectivity index (χ4n) is 2.16. The molecule has 0 bridgehead atoms. The summed E-state index contributed by atoms with van der Waals surface area (Å²) < 4.78 is 0. The topological polar surface area (TPSA) is 23.5 Å². The molecule has 1 aliphatic heterocycles. The van der Waals surface area contributed by atoms with Crippen LogP contribution in [-0.2, 0) is 0 Å². The number of aliphatic hydroxyl groups is 1. The van der Waals surface area contributed by atoms with Crippen LogP contribution in [0.5, 0.6) is 0 Å². The van der Waals surface area contributed by atoms with E-state index in [2.05, 4.69) is 32.7 Å². The van der Waals surface area contributed by atoms with Gasteiger partial charge in [0.1, 0.15) is 0 Å². The van der Waals surface area contributed by atoms with Gasteiger partial charge in [0.25, 0.3) is 0 Å². The van der Waals surface area contributed by atoms with Gasteiger partial charge in [-0.3, -0.25) is 0 Å². The summed E-state index contributed by atoms with van der Waals surface area (Å²) in [5.74, 6) is 0. The van der Waals surface area contributed by atoms with Crippen LogP contribution in [0.25, 0.3) is 0 Å². The molecule has 1 rings (SSSR count). The molecule has 2 heteroatoms. The van der Waals surface area contributed by atoms with Crippen molar-refractivity contribution in [3.63, 3.8) is 0 Å². The monoisotopic (exact) mass is 185 g/mol. The number of likely N-dealkylation sites (tertiary alicyclic amines) is 1. The summed E-state index contributed by atoms with van der Waals surface area (Å²) in [7, 11) is 2.11. The highest BCUT2D eigenvalue weighted by molar-refractivity contribution is 4.97. The van der Waals surface area contributed by atoms with Gasteiger partial charge in [-0.2, -0.15) is 0 Å². The molecule has 1 heterocycles. The van der Waals surface area contributed by atoms with Crippen LogP contribution in [0.15, 0.2) is 0 Å². The van der Waals surface area contributed by atoms with E-state index >= 15 is 0 Å². The van der Waals surface area contributed by atoms with Gasteiger partial charge in [0.2, 0.25) is 0 Å². The Morgan fingerprint density at radius 1 is 1.46 bits per heavy atom. The molecule has 0 saturated carbocycles. The summed E-state index contributed by atoms with van der Waals surface area (Å²) >= 11 is 0. The van der Waals surface area contributed by atoms with Crippen LogP contribution in [0, 0.1) is 5.41 Å². The normalized spacial score (nSPS) is 36.9. The maximum Gasteiger partial charge on any atom is 0.0786 e. The quantitative estimate of drug-likeness (QED) is 0.674. The molecule has 2 nitrogen and oxygen atoms in total. The number of likely N-dealkylation sites (N-methyl/N-ethyl adjacent to an activating group) is 1. The Hall–Kier alpha value is -0.0800. The van der Waals surface area contributed by atoms with Gasteiger partial charge in [0, 0.05) is 12.6 Å². The molecule has 78 valence electrons. The van der Waals surface area contributed by atoms with Crippen LogP contribution >= 0.6 is 0 Å². The van der Waals surface area contributed by atoms with Crippen LogP contribution in [0.3, 0.4) is 0 Å². The molecule has 0 amide bonds. The van der Waals surface area contributed by atoms with Crippen molar-refractivity contribution in [3.8, 4) is 0 Å². The lowest BCUT2D eigenvalue weighted by Crippen LogP contribution is -2.43. The molecule has 1 aliphatic rings. The Morgan fingerprint density at radius 2 is 2.00 bits per heavy atom. The van der Waals surface area contributed by atoms with Crippen molar-refractivity contribution in [2.45, 2.75) is 52.2 Å². The van der Waals surface area contributed by atoms with Crippen LogP contribution < -0.4 is 0 Å². The van der Waals surface area contributed by atoms with Crippen molar-refractivity contribution in [3.05, 3.63) is 0 Å². The third kappa shape index (κ3) is 2.68. The molecule has 2 atom stereocenters. The Balaban J connectivity index is 2.66. The molecule has 0 unspecified atom stereocenters. The molecule has 1 fully saturated rings. The fourth-order valence-corrected chi connectivity index (χ4v) is 2.16. The lowest BCUT2D eigenvalue weighted by Gasteiger charge is -2.34. The third-order valence-electron chi connectivity index (χ3n) is 3.03. The SMILES string of the molecule is CN1CC[C@](C)(O)[C@H]1CC(C)(C)C. The van der Waals surface area contributed by atoms with Crippen molar-refractivity contribution in [2.75, 3.05) is 13.6 Å². The molecule has 0 radical (unpaired) electrons. The first-order valence-corrected chi connectivity index (χ1v) is 5.15. The lowest BCUT2D eigenvalue weighted by molar-refractivity contribution is 0.00907. The minimum absolute atomic E-state index is 0.299. The molecule has 1 N–H and O–H groups in total. The van der Waals surface area contributed by atoms with E-state index in [0.29, 0.717) is 11.5 Å². The van der Waals surface area contributed by atoms with E-state index in [1.54, 1.807) is 0 Å². The van der Waals surface area contributed by atoms with Crippen molar-refractivity contribution in [1.82, 2.24) is 4.90 Å². The summed E-state index contributed by atoms with van der Waals surface area (Å²) in [5.41, 5.74) is -0.185. The summed E-state index contributed by atoms with van der Waals surface area (Å²) in [5, 5.41) is 10.1. The predicted octanol–water partition coefficient (Wildman–Crippen LogP) is 1.88. The molecule has 0 aromatic carbocycles. The zero-order valence-electron chi connectivity index (χ0n) is 9.59. The maximum atomic E-state index is 10.1.